The van der Waals surface area contributed by atoms with Gasteiger partial charge in [-0.25, -0.2) is 0 Å². The molecule has 104 valence electrons. The number of amides is 1. The molecule has 2 heterocycles. The van der Waals surface area contributed by atoms with E-state index in [-0.39, 0.29) is 11.0 Å². The molecule has 0 bridgehead atoms. The summed E-state index contributed by atoms with van der Waals surface area (Å²) in [6, 6.07) is 0. The van der Waals surface area contributed by atoms with Gasteiger partial charge in [0.2, 0.25) is 5.91 Å². The summed E-state index contributed by atoms with van der Waals surface area (Å²) in [5.41, 5.74) is -0.0517. The molecule has 1 amide bonds. The van der Waals surface area contributed by atoms with Crippen molar-refractivity contribution >= 4 is 5.91 Å². The molecule has 3 nitrogen and oxygen atoms in total. The molecule has 0 saturated carbocycles. The number of nitrogens with zero attached hydrogens (tertiary/aromatic N) is 1. The van der Waals surface area contributed by atoms with Crippen LogP contribution in [0.1, 0.15) is 59.3 Å². The number of nitrogens with one attached hydrogen (secondary N) is 1. The number of rotatable bonds is 3. The lowest BCUT2D eigenvalue weighted by atomic mass is 9.75. The van der Waals surface area contributed by atoms with Gasteiger partial charge in [-0.05, 0) is 52.5 Å². The lowest BCUT2D eigenvalue weighted by Crippen LogP contribution is -2.55. The van der Waals surface area contributed by atoms with E-state index >= 15 is 0 Å². The van der Waals surface area contributed by atoms with E-state index in [1.807, 2.05) is 0 Å². The average molecular weight is 252 g/mol. The Kier molecular flexibility index (Phi) is 4.00. The second-order valence-electron chi connectivity index (χ2n) is 6.68. The van der Waals surface area contributed by atoms with Crippen molar-refractivity contribution in [2.75, 3.05) is 19.6 Å². The summed E-state index contributed by atoms with van der Waals surface area (Å²) in [6.07, 6.45) is 6.65. The lowest BCUT2D eigenvalue weighted by Gasteiger charge is -2.43. The number of piperidine rings is 1. The van der Waals surface area contributed by atoms with E-state index in [9.17, 15) is 4.79 Å². The van der Waals surface area contributed by atoms with E-state index in [2.05, 4.69) is 31.0 Å². The molecule has 2 rings (SSSR count). The van der Waals surface area contributed by atoms with Gasteiger partial charge in [0.15, 0.2) is 0 Å². The highest BCUT2D eigenvalue weighted by Crippen LogP contribution is 2.38. The molecule has 0 aromatic heterocycles. The Morgan fingerprint density at radius 2 is 2.06 bits per heavy atom. The van der Waals surface area contributed by atoms with Crippen molar-refractivity contribution in [2.24, 2.45) is 5.41 Å². The van der Waals surface area contributed by atoms with Crippen molar-refractivity contribution in [1.29, 1.82) is 0 Å². The smallest absolute Gasteiger partial charge is 0.230 e. The first-order valence-electron chi connectivity index (χ1n) is 7.55. The summed E-state index contributed by atoms with van der Waals surface area (Å²) in [5, 5.41) is 3.44. The molecule has 0 aliphatic carbocycles. The second kappa shape index (κ2) is 5.20. The molecule has 0 radical (unpaired) electrons. The Bertz CT molecular complexity index is 300. The van der Waals surface area contributed by atoms with Crippen molar-refractivity contribution < 1.29 is 4.79 Å². The molecule has 18 heavy (non-hydrogen) atoms. The highest BCUT2D eigenvalue weighted by atomic mass is 16.2. The Morgan fingerprint density at radius 3 is 2.56 bits per heavy atom. The first-order valence-corrected chi connectivity index (χ1v) is 7.55. The fraction of sp³-hybridized carbons (Fsp3) is 0.933. The molecule has 2 aliphatic rings. The quantitative estimate of drug-likeness (QED) is 0.837. The predicted octanol–water partition coefficient (Wildman–Crippen LogP) is 2.56. The van der Waals surface area contributed by atoms with Gasteiger partial charge in [-0.3, -0.25) is 4.79 Å². The molecule has 1 unspecified atom stereocenters. The van der Waals surface area contributed by atoms with Gasteiger partial charge in [0.25, 0.3) is 0 Å². The highest BCUT2D eigenvalue weighted by molar-refractivity contribution is 5.84. The Morgan fingerprint density at radius 1 is 1.28 bits per heavy atom. The SMILES string of the molecule is CCCC1(C(=O)N2CCCC2(C)C)CCCNC1. The molecule has 0 aromatic carbocycles. The first kappa shape index (κ1) is 13.9. The van der Waals surface area contributed by atoms with E-state index < -0.39 is 0 Å². The van der Waals surface area contributed by atoms with Gasteiger partial charge in [0, 0.05) is 18.6 Å². The Hall–Kier alpha value is -0.570. The third-order valence-electron chi connectivity index (χ3n) is 4.80. The standard InChI is InChI=1S/C15H28N2O/c1-4-7-15(9-5-10-16-12-15)13(18)17-11-6-8-14(17,2)3/h16H,4-12H2,1-3H3. The number of likely N-dealkylation sites (tertiary alicyclic amines) is 1. The molecule has 1 N–H and O–H groups in total. The summed E-state index contributed by atoms with van der Waals surface area (Å²) in [5.74, 6) is 0.416. The van der Waals surface area contributed by atoms with Crippen molar-refractivity contribution in [2.45, 2.75) is 64.8 Å². The van der Waals surface area contributed by atoms with Crippen LogP contribution in [0.25, 0.3) is 0 Å². The van der Waals surface area contributed by atoms with Crippen LogP contribution in [0, 0.1) is 5.41 Å². The minimum absolute atomic E-state index is 0.0648. The monoisotopic (exact) mass is 252 g/mol. The predicted molar refractivity (Wildman–Crippen MR) is 74.5 cm³/mol. The average Bonchev–Trinajstić information content (AvgIpc) is 2.69. The van der Waals surface area contributed by atoms with Crippen LogP contribution < -0.4 is 5.32 Å². The van der Waals surface area contributed by atoms with E-state index in [1.54, 1.807) is 0 Å². The summed E-state index contributed by atoms with van der Waals surface area (Å²) in [4.78, 5) is 15.2. The number of hydrogen-bond donors (Lipinski definition) is 1. The van der Waals surface area contributed by atoms with Gasteiger partial charge < -0.3 is 10.2 Å². The minimum atomic E-state index is -0.116. The van der Waals surface area contributed by atoms with Gasteiger partial charge in [0.1, 0.15) is 0 Å². The summed E-state index contributed by atoms with van der Waals surface area (Å²) < 4.78 is 0. The van der Waals surface area contributed by atoms with Crippen LogP contribution in [0.15, 0.2) is 0 Å². The van der Waals surface area contributed by atoms with E-state index in [4.69, 9.17) is 0 Å². The van der Waals surface area contributed by atoms with Crippen LogP contribution in [0.5, 0.6) is 0 Å². The molecule has 0 aromatic rings. The molecule has 2 fully saturated rings. The van der Waals surface area contributed by atoms with Crippen LogP contribution >= 0.6 is 0 Å². The van der Waals surface area contributed by atoms with Gasteiger partial charge in [-0.15, -0.1) is 0 Å². The van der Waals surface area contributed by atoms with Crippen molar-refractivity contribution in [3.63, 3.8) is 0 Å². The molecular weight excluding hydrogens is 224 g/mol. The second-order valence-corrected chi connectivity index (χ2v) is 6.68. The maximum Gasteiger partial charge on any atom is 0.230 e. The Labute approximate surface area is 111 Å². The largest absolute Gasteiger partial charge is 0.337 e. The summed E-state index contributed by atoms with van der Waals surface area (Å²) in [6.45, 7) is 9.53. The highest BCUT2D eigenvalue weighted by Gasteiger charge is 2.46. The molecule has 1 atom stereocenters. The fourth-order valence-corrected chi connectivity index (χ4v) is 3.72. The zero-order valence-corrected chi connectivity index (χ0v) is 12.2. The molecule has 3 heteroatoms. The van der Waals surface area contributed by atoms with Crippen LogP contribution in [0.2, 0.25) is 0 Å². The van der Waals surface area contributed by atoms with Gasteiger partial charge in [-0.2, -0.15) is 0 Å². The number of hydrogen-bond acceptors (Lipinski definition) is 2. The maximum atomic E-state index is 13.0. The van der Waals surface area contributed by atoms with Crippen LogP contribution in [-0.4, -0.2) is 36.0 Å². The Balaban J connectivity index is 2.17. The number of carbonyl (C=O) groups is 1. The lowest BCUT2D eigenvalue weighted by molar-refractivity contribution is -0.147. The summed E-state index contributed by atoms with van der Waals surface area (Å²) >= 11 is 0. The topological polar surface area (TPSA) is 32.3 Å². The first-order chi connectivity index (χ1) is 8.52. The van der Waals surface area contributed by atoms with E-state index in [0.717, 1.165) is 58.2 Å². The van der Waals surface area contributed by atoms with Gasteiger partial charge >= 0.3 is 0 Å². The molecule has 2 saturated heterocycles. The third kappa shape index (κ3) is 2.42. The van der Waals surface area contributed by atoms with Crippen molar-refractivity contribution in [1.82, 2.24) is 10.2 Å². The summed E-state index contributed by atoms with van der Waals surface area (Å²) in [7, 11) is 0. The molecule has 0 spiro atoms. The van der Waals surface area contributed by atoms with Crippen molar-refractivity contribution in [3.8, 4) is 0 Å². The molecule has 2 aliphatic heterocycles. The third-order valence-corrected chi connectivity index (χ3v) is 4.80. The fourth-order valence-electron chi connectivity index (χ4n) is 3.72. The zero-order valence-electron chi connectivity index (χ0n) is 12.2. The van der Waals surface area contributed by atoms with Crippen LogP contribution in [0.4, 0.5) is 0 Å². The van der Waals surface area contributed by atoms with Crippen LogP contribution in [-0.2, 0) is 4.79 Å². The zero-order chi connectivity index (χ0) is 13.2. The van der Waals surface area contributed by atoms with Gasteiger partial charge in [-0.1, -0.05) is 13.3 Å². The minimum Gasteiger partial charge on any atom is -0.337 e. The molecular formula is C15H28N2O. The van der Waals surface area contributed by atoms with Crippen LogP contribution in [0.3, 0.4) is 0 Å². The van der Waals surface area contributed by atoms with Crippen molar-refractivity contribution in [3.05, 3.63) is 0 Å². The maximum absolute atomic E-state index is 13.0. The normalized spacial score (nSPS) is 31.6. The number of carbonyl (C=O) groups excluding carboxylic acids is 1. The van der Waals surface area contributed by atoms with E-state index in [0.29, 0.717) is 5.91 Å². The van der Waals surface area contributed by atoms with E-state index in [1.165, 1.54) is 0 Å². The van der Waals surface area contributed by atoms with Gasteiger partial charge in [0.05, 0.1) is 5.41 Å².